The molecule has 20 heavy (non-hydrogen) atoms. The minimum absolute atomic E-state index is 1.12. The molecule has 96 valence electrons. The van der Waals surface area contributed by atoms with Crippen molar-refractivity contribution >= 4 is 64.2 Å². The summed E-state index contributed by atoms with van der Waals surface area (Å²) >= 11 is 7.18. The van der Waals surface area contributed by atoms with Crippen LogP contribution in [-0.2, 0) is 0 Å². The van der Waals surface area contributed by atoms with Gasteiger partial charge < -0.3 is 0 Å². The van der Waals surface area contributed by atoms with Crippen molar-refractivity contribution in [3.05, 3.63) is 69.6 Å². The van der Waals surface area contributed by atoms with E-state index in [0.29, 0.717) is 0 Å². The molecule has 0 bridgehead atoms. The van der Waals surface area contributed by atoms with Crippen LogP contribution in [0.2, 0.25) is 0 Å². The molecule has 0 amide bonds. The Balaban J connectivity index is 2.16. The van der Waals surface area contributed by atoms with E-state index in [1.165, 1.54) is 32.3 Å². The van der Waals surface area contributed by atoms with Gasteiger partial charge in [0.1, 0.15) is 0 Å². The number of fused-ring (bicyclic) bond motifs is 3. The van der Waals surface area contributed by atoms with Gasteiger partial charge in [0.15, 0.2) is 0 Å². The maximum absolute atomic E-state index is 3.64. The summed E-state index contributed by atoms with van der Waals surface area (Å²) in [5.41, 5.74) is 0. The van der Waals surface area contributed by atoms with Crippen molar-refractivity contribution in [2.24, 2.45) is 0 Å². The van der Waals surface area contributed by atoms with Gasteiger partial charge in [-0.25, -0.2) is 0 Å². The zero-order chi connectivity index (χ0) is 13.7. The molecule has 0 heterocycles. The molecule has 0 saturated carbocycles. The van der Waals surface area contributed by atoms with Crippen LogP contribution in [-0.4, -0.2) is 0 Å². The molecule has 0 N–H and O–H groups in total. The Kier molecular flexibility index (Phi) is 2.83. The van der Waals surface area contributed by atoms with Crippen LogP contribution in [0.15, 0.2) is 69.6 Å². The average Bonchev–Trinajstić information content (AvgIpc) is 2.44. The lowest BCUT2D eigenvalue weighted by Gasteiger charge is -2.06. The first-order chi connectivity index (χ1) is 9.70. The van der Waals surface area contributed by atoms with Crippen molar-refractivity contribution in [1.29, 1.82) is 0 Å². The molecule has 4 aromatic carbocycles. The number of hydrogen-bond acceptors (Lipinski definition) is 0. The quantitative estimate of drug-likeness (QED) is 0.296. The molecule has 0 unspecified atom stereocenters. The summed E-state index contributed by atoms with van der Waals surface area (Å²) in [7, 11) is 0. The maximum atomic E-state index is 3.64. The molecule has 4 rings (SSSR count). The third-order valence-electron chi connectivity index (χ3n) is 3.70. The zero-order valence-corrected chi connectivity index (χ0v) is 13.7. The van der Waals surface area contributed by atoms with Gasteiger partial charge in [-0.05, 0) is 74.8 Å². The lowest BCUT2D eigenvalue weighted by Crippen LogP contribution is -1.80. The van der Waals surface area contributed by atoms with E-state index in [-0.39, 0.29) is 0 Å². The lowest BCUT2D eigenvalue weighted by atomic mass is 10.00. The number of halogens is 2. The molecule has 0 spiro atoms. The second-order valence-electron chi connectivity index (χ2n) is 5.00. The number of hydrogen-bond donors (Lipinski definition) is 0. The Morgan fingerprint density at radius 1 is 0.550 bits per heavy atom. The van der Waals surface area contributed by atoms with Gasteiger partial charge in [0.25, 0.3) is 0 Å². The molecule has 4 aromatic rings. The highest BCUT2D eigenvalue weighted by atomic mass is 79.9. The smallest absolute Gasteiger partial charge is 0.0253 e. The van der Waals surface area contributed by atoms with Crippen LogP contribution >= 0.6 is 31.9 Å². The highest BCUT2D eigenvalue weighted by Gasteiger charge is 2.03. The molecule has 0 saturated heterocycles. The van der Waals surface area contributed by atoms with E-state index in [0.717, 1.165) is 8.95 Å². The Labute approximate surface area is 133 Å². The molecule has 0 aliphatic carbocycles. The first-order valence-electron chi connectivity index (χ1n) is 6.42. The van der Waals surface area contributed by atoms with Crippen molar-refractivity contribution in [3.63, 3.8) is 0 Å². The molecule has 0 atom stereocenters. The van der Waals surface area contributed by atoms with E-state index in [2.05, 4.69) is 92.5 Å². The van der Waals surface area contributed by atoms with Gasteiger partial charge in [-0.1, -0.05) is 50.1 Å². The minimum Gasteiger partial charge on any atom is -0.0605 e. The van der Waals surface area contributed by atoms with E-state index >= 15 is 0 Å². The molecule has 0 radical (unpaired) electrons. The fraction of sp³-hybridized carbons (Fsp3) is 0. The second-order valence-corrected chi connectivity index (χ2v) is 6.77. The maximum Gasteiger partial charge on any atom is 0.0253 e. The summed E-state index contributed by atoms with van der Waals surface area (Å²) in [6, 6.07) is 21.8. The van der Waals surface area contributed by atoms with Gasteiger partial charge in [0, 0.05) is 8.95 Å². The minimum atomic E-state index is 1.12. The lowest BCUT2D eigenvalue weighted by molar-refractivity contribution is 1.72. The zero-order valence-electron chi connectivity index (χ0n) is 10.5. The monoisotopic (exact) mass is 384 g/mol. The largest absolute Gasteiger partial charge is 0.0605 e. The summed E-state index contributed by atoms with van der Waals surface area (Å²) in [5, 5.41) is 7.62. The SMILES string of the molecule is Brc1ccc2cc3cc4c(Br)cccc4cc3cc2c1. The predicted molar refractivity (Wildman–Crippen MR) is 94.4 cm³/mol. The van der Waals surface area contributed by atoms with Crippen LogP contribution in [0.1, 0.15) is 0 Å². The fourth-order valence-corrected chi connectivity index (χ4v) is 3.58. The third-order valence-corrected chi connectivity index (χ3v) is 4.89. The number of rotatable bonds is 0. The summed E-state index contributed by atoms with van der Waals surface area (Å²) < 4.78 is 2.26. The van der Waals surface area contributed by atoms with Crippen LogP contribution in [0.25, 0.3) is 32.3 Å². The van der Waals surface area contributed by atoms with Gasteiger partial charge in [0.2, 0.25) is 0 Å². The predicted octanol–water partition coefficient (Wildman–Crippen LogP) is 6.67. The molecule has 0 aliphatic rings. The molecular formula is C18H10Br2. The summed E-state index contributed by atoms with van der Waals surface area (Å²) in [5.74, 6) is 0. The Morgan fingerprint density at radius 2 is 1.25 bits per heavy atom. The standard InChI is InChI=1S/C18H10Br2/c19-16-5-4-11-6-15-10-17-12(2-1-3-18(17)20)7-13(15)8-14(11)9-16/h1-10H. The first-order valence-corrected chi connectivity index (χ1v) is 8.01. The van der Waals surface area contributed by atoms with E-state index in [1.54, 1.807) is 0 Å². The Hall–Kier alpha value is -1.38. The van der Waals surface area contributed by atoms with Crippen molar-refractivity contribution < 1.29 is 0 Å². The normalized spacial score (nSPS) is 11.5. The average molecular weight is 386 g/mol. The van der Waals surface area contributed by atoms with E-state index in [1.807, 2.05) is 0 Å². The van der Waals surface area contributed by atoms with Gasteiger partial charge in [-0.3, -0.25) is 0 Å². The van der Waals surface area contributed by atoms with Gasteiger partial charge >= 0.3 is 0 Å². The Morgan fingerprint density at radius 3 is 2.15 bits per heavy atom. The molecule has 0 fully saturated rings. The van der Waals surface area contributed by atoms with Gasteiger partial charge in [-0.15, -0.1) is 0 Å². The van der Waals surface area contributed by atoms with Gasteiger partial charge in [-0.2, -0.15) is 0 Å². The van der Waals surface area contributed by atoms with Crippen molar-refractivity contribution in [3.8, 4) is 0 Å². The highest BCUT2D eigenvalue weighted by Crippen LogP contribution is 2.31. The second kappa shape index (κ2) is 4.57. The summed E-state index contributed by atoms with van der Waals surface area (Å²) in [6.07, 6.45) is 0. The molecule has 0 aromatic heterocycles. The highest BCUT2D eigenvalue weighted by molar-refractivity contribution is 9.11. The molecule has 2 heteroatoms. The first kappa shape index (κ1) is 12.4. The Bertz CT molecular complexity index is 960. The van der Waals surface area contributed by atoms with Crippen molar-refractivity contribution in [2.75, 3.05) is 0 Å². The van der Waals surface area contributed by atoms with Crippen LogP contribution in [0, 0.1) is 0 Å². The summed E-state index contributed by atoms with van der Waals surface area (Å²) in [6.45, 7) is 0. The molecule has 0 nitrogen and oxygen atoms in total. The topological polar surface area (TPSA) is 0 Å². The van der Waals surface area contributed by atoms with Crippen molar-refractivity contribution in [1.82, 2.24) is 0 Å². The summed E-state index contributed by atoms with van der Waals surface area (Å²) in [4.78, 5) is 0. The van der Waals surface area contributed by atoms with E-state index in [9.17, 15) is 0 Å². The molecular weight excluding hydrogens is 376 g/mol. The van der Waals surface area contributed by atoms with E-state index < -0.39 is 0 Å². The third kappa shape index (κ3) is 1.95. The van der Waals surface area contributed by atoms with E-state index in [4.69, 9.17) is 0 Å². The molecule has 0 aliphatic heterocycles. The fourth-order valence-electron chi connectivity index (χ4n) is 2.71. The van der Waals surface area contributed by atoms with Crippen LogP contribution in [0.4, 0.5) is 0 Å². The van der Waals surface area contributed by atoms with Crippen LogP contribution in [0.5, 0.6) is 0 Å². The van der Waals surface area contributed by atoms with Crippen molar-refractivity contribution in [2.45, 2.75) is 0 Å². The van der Waals surface area contributed by atoms with Gasteiger partial charge in [0.05, 0.1) is 0 Å². The van der Waals surface area contributed by atoms with Crippen LogP contribution in [0.3, 0.4) is 0 Å². The number of benzene rings is 4. The van der Waals surface area contributed by atoms with Crippen LogP contribution < -0.4 is 0 Å².